The third kappa shape index (κ3) is 3.68. The number of para-hydroxylation sites is 1. The van der Waals surface area contributed by atoms with E-state index in [9.17, 15) is 8.42 Å². The van der Waals surface area contributed by atoms with Crippen LogP contribution in [-0.4, -0.2) is 14.5 Å². The Morgan fingerprint density at radius 1 is 1.24 bits per heavy atom. The molecule has 0 heterocycles. The van der Waals surface area contributed by atoms with Crippen LogP contribution in [0.2, 0.25) is 0 Å². The fourth-order valence-electron chi connectivity index (χ4n) is 3.25. The first kappa shape index (κ1) is 16.1. The lowest BCUT2D eigenvalue weighted by Crippen LogP contribution is -2.35. The number of nitrogens with one attached hydrogen (secondary N) is 1. The van der Waals surface area contributed by atoms with Crippen molar-refractivity contribution in [2.75, 3.05) is 11.1 Å². The van der Waals surface area contributed by atoms with E-state index in [1.807, 2.05) is 6.07 Å². The van der Waals surface area contributed by atoms with Gasteiger partial charge in [-0.3, -0.25) is 0 Å². The number of sulfonamides is 1. The van der Waals surface area contributed by atoms with E-state index < -0.39 is 10.0 Å². The molecule has 1 aromatic carbocycles. The van der Waals surface area contributed by atoms with Crippen LogP contribution < -0.4 is 16.2 Å². The maximum atomic E-state index is 11.5. The van der Waals surface area contributed by atoms with Crippen molar-refractivity contribution in [2.45, 2.75) is 50.5 Å². The standard InChI is InChI=1S/C15H25N3O2S/c1-10(2)11-6-3-4-7-12(11)18-13-8-5-9-14(15(13)16)21(17,19)20/h5,8-12,18H,3-4,6-7,16H2,1-2H3,(H2,17,19,20). The van der Waals surface area contributed by atoms with Gasteiger partial charge in [-0.05, 0) is 36.8 Å². The molecule has 0 aromatic heterocycles. The van der Waals surface area contributed by atoms with E-state index in [-0.39, 0.29) is 10.6 Å². The molecule has 1 aliphatic rings. The summed E-state index contributed by atoms with van der Waals surface area (Å²) in [5.74, 6) is 1.17. The van der Waals surface area contributed by atoms with Crippen molar-refractivity contribution in [2.24, 2.45) is 17.0 Å². The van der Waals surface area contributed by atoms with E-state index >= 15 is 0 Å². The molecule has 0 bridgehead atoms. The molecule has 1 fully saturated rings. The summed E-state index contributed by atoms with van der Waals surface area (Å²) in [6.45, 7) is 4.46. The highest BCUT2D eigenvalue weighted by Gasteiger charge is 2.28. The second-order valence-corrected chi connectivity index (χ2v) is 7.74. The molecule has 5 N–H and O–H groups in total. The molecule has 0 saturated heterocycles. The molecular formula is C15H25N3O2S. The number of anilines is 2. The molecule has 0 amide bonds. The van der Waals surface area contributed by atoms with Gasteiger partial charge in [-0.1, -0.05) is 32.8 Å². The number of primary sulfonamides is 1. The van der Waals surface area contributed by atoms with E-state index in [0.717, 1.165) is 6.42 Å². The first-order valence-electron chi connectivity index (χ1n) is 7.48. The van der Waals surface area contributed by atoms with Crippen LogP contribution in [0.15, 0.2) is 23.1 Å². The maximum absolute atomic E-state index is 11.5. The molecule has 21 heavy (non-hydrogen) atoms. The highest BCUT2D eigenvalue weighted by Crippen LogP contribution is 2.34. The smallest absolute Gasteiger partial charge is 0.240 e. The number of rotatable bonds is 4. The zero-order valence-corrected chi connectivity index (χ0v) is 13.5. The van der Waals surface area contributed by atoms with Gasteiger partial charge in [-0.2, -0.15) is 0 Å². The van der Waals surface area contributed by atoms with E-state index in [0.29, 0.717) is 23.6 Å². The Morgan fingerprint density at radius 3 is 2.52 bits per heavy atom. The Morgan fingerprint density at radius 2 is 1.90 bits per heavy atom. The van der Waals surface area contributed by atoms with Crippen LogP contribution in [0.4, 0.5) is 11.4 Å². The normalized spacial score (nSPS) is 23.2. The van der Waals surface area contributed by atoms with Crippen molar-refractivity contribution < 1.29 is 8.42 Å². The zero-order valence-electron chi connectivity index (χ0n) is 12.7. The molecule has 5 nitrogen and oxygen atoms in total. The van der Waals surface area contributed by atoms with Crippen LogP contribution in [0.3, 0.4) is 0 Å². The minimum absolute atomic E-state index is 0.00981. The summed E-state index contributed by atoms with van der Waals surface area (Å²) in [4.78, 5) is -0.00981. The van der Waals surface area contributed by atoms with E-state index in [1.165, 1.54) is 25.3 Å². The quantitative estimate of drug-likeness (QED) is 0.744. The Bertz CT molecular complexity index is 599. The fraction of sp³-hybridized carbons (Fsp3) is 0.600. The van der Waals surface area contributed by atoms with Gasteiger partial charge in [0.05, 0.1) is 11.4 Å². The molecule has 1 aromatic rings. The largest absolute Gasteiger partial charge is 0.396 e. The highest BCUT2D eigenvalue weighted by molar-refractivity contribution is 7.89. The van der Waals surface area contributed by atoms with Crippen LogP contribution in [0.1, 0.15) is 39.5 Å². The molecule has 0 spiro atoms. The van der Waals surface area contributed by atoms with Crippen LogP contribution in [0.5, 0.6) is 0 Å². The number of benzene rings is 1. The number of nitrogens with two attached hydrogens (primary N) is 2. The fourth-order valence-corrected chi connectivity index (χ4v) is 3.94. The molecule has 2 atom stereocenters. The topological polar surface area (TPSA) is 98.2 Å². The van der Waals surface area contributed by atoms with Gasteiger partial charge in [0.2, 0.25) is 10.0 Å². The Hall–Kier alpha value is -1.27. The monoisotopic (exact) mass is 311 g/mol. The van der Waals surface area contributed by atoms with Gasteiger partial charge in [0.25, 0.3) is 0 Å². The van der Waals surface area contributed by atoms with Crippen LogP contribution in [0.25, 0.3) is 0 Å². The first-order valence-corrected chi connectivity index (χ1v) is 9.03. The van der Waals surface area contributed by atoms with Gasteiger partial charge in [-0.25, -0.2) is 13.6 Å². The Balaban J connectivity index is 2.27. The molecular weight excluding hydrogens is 286 g/mol. The minimum Gasteiger partial charge on any atom is -0.396 e. The summed E-state index contributed by atoms with van der Waals surface area (Å²) in [7, 11) is -3.79. The molecule has 1 aliphatic carbocycles. The van der Waals surface area contributed by atoms with Gasteiger partial charge in [0.15, 0.2) is 0 Å². The predicted octanol–water partition coefficient (Wildman–Crippen LogP) is 2.54. The van der Waals surface area contributed by atoms with E-state index in [2.05, 4.69) is 19.2 Å². The van der Waals surface area contributed by atoms with E-state index in [1.54, 1.807) is 6.07 Å². The third-order valence-corrected chi connectivity index (χ3v) is 5.36. The highest BCUT2D eigenvalue weighted by atomic mass is 32.2. The lowest BCUT2D eigenvalue weighted by molar-refractivity contribution is 0.254. The van der Waals surface area contributed by atoms with Crippen molar-refractivity contribution in [3.63, 3.8) is 0 Å². The number of nitrogen functional groups attached to an aromatic ring is 1. The first-order chi connectivity index (χ1) is 9.80. The van der Waals surface area contributed by atoms with Gasteiger partial charge >= 0.3 is 0 Å². The third-order valence-electron chi connectivity index (χ3n) is 4.39. The molecule has 2 rings (SSSR count). The average molecular weight is 311 g/mol. The second-order valence-electron chi connectivity index (χ2n) is 6.21. The van der Waals surface area contributed by atoms with Crippen LogP contribution >= 0.6 is 0 Å². The van der Waals surface area contributed by atoms with Gasteiger partial charge in [-0.15, -0.1) is 0 Å². The predicted molar refractivity (Wildman–Crippen MR) is 86.4 cm³/mol. The lowest BCUT2D eigenvalue weighted by Gasteiger charge is -2.36. The van der Waals surface area contributed by atoms with Crippen LogP contribution in [-0.2, 0) is 10.0 Å². The SMILES string of the molecule is CC(C)C1CCCCC1Nc1cccc(S(N)(=O)=O)c1N. The van der Waals surface area contributed by atoms with Crippen molar-refractivity contribution in [1.82, 2.24) is 0 Å². The molecule has 2 unspecified atom stereocenters. The van der Waals surface area contributed by atoms with Gasteiger partial charge < -0.3 is 11.1 Å². The molecule has 0 radical (unpaired) electrons. The van der Waals surface area contributed by atoms with Crippen LogP contribution in [0, 0.1) is 11.8 Å². The summed E-state index contributed by atoms with van der Waals surface area (Å²) in [5.41, 5.74) is 6.87. The van der Waals surface area contributed by atoms with Gasteiger partial charge in [0.1, 0.15) is 4.90 Å². The summed E-state index contributed by atoms with van der Waals surface area (Å²) in [5, 5.41) is 8.65. The van der Waals surface area contributed by atoms with Gasteiger partial charge in [0, 0.05) is 6.04 Å². The zero-order chi connectivity index (χ0) is 15.6. The van der Waals surface area contributed by atoms with Crippen molar-refractivity contribution in [3.05, 3.63) is 18.2 Å². The maximum Gasteiger partial charge on any atom is 0.240 e. The van der Waals surface area contributed by atoms with Crippen molar-refractivity contribution in [1.29, 1.82) is 0 Å². The van der Waals surface area contributed by atoms with Crippen molar-refractivity contribution in [3.8, 4) is 0 Å². The molecule has 6 heteroatoms. The summed E-state index contributed by atoms with van der Waals surface area (Å²) in [6.07, 6.45) is 4.73. The van der Waals surface area contributed by atoms with Crippen molar-refractivity contribution >= 4 is 21.4 Å². The second kappa shape index (κ2) is 6.23. The number of hydrogen-bond acceptors (Lipinski definition) is 4. The molecule has 118 valence electrons. The molecule has 1 saturated carbocycles. The lowest BCUT2D eigenvalue weighted by atomic mass is 9.78. The summed E-state index contributed by atoms with van der Waals surface area (Å²) in [6, 6.07) is 5.26. The Labute approximate surface area is 127 Å². The Kier molecular flexibility index (Phi) is 4.78. The van der Waals surface area contributed by atoms with E-state index in [4.69, 9.17) is 10.9 Å². The summed E-state index contributed by atoms with van der Waals surface area (Å²) < 4.78 is 23.1. The number of hydrogen-bond donors (Lipinski definition) is 3. The summed E-state index contributed by atoms with van der Waals surface area (Å²) >= 11 is 0. The molecule has 0 aliphatic heterocycles. The average Bonchev–Trinajstić information content (AvgIpc) is 2.40. The minimum atomic E-state index is -3.79.